The highest BCUT2D eigenvalue weighted by molar-refractivity contribution is 5.92. The second-order valence-electron chi connectivity index (χ2n) is 5.25. The predicted molar refractivity (Wildman–Crippen MR) is 82.7 cm³/mol. The van der Waals surface area contributed by atoms with Crippen molar-refractivity contribution in [3.63, 3.8) is 0 Å². The number of hydrogen-bond acceptors (Lipinski definition) is 3. The largest absolute Gasteiger partial charge is 0.476 e. The number of halogens is 1. The monoisotopic (exact) mass is 311 g/mol. The average Bonchev–Trinajstić information content (AvgIpc) is 2.92. The van der Waals surface area contributed by atoms with Gasteiger partial charge in [0, 0.05) is 5.56 Å². The van der Waals surface area contributed by atoms with Gasteiger partial charge in [-0.1, -0.05) is 47.2 Å². The first kappa shape index (κ1) is 14.9. The third kappa shape index (κ3) is 3.11. The summed E-state index contributed by atoms with van der Waals surface area (Å²) in [5.74, 6) is -1.50. The van der Waals surface area contributed by atoms with Crippen LogP contribution < -0.4 is 0 Å². The molecule has 0 amide bonds. The normalized spacial score (nSPS) is 10.7. The molecule has 1 aromatic heterocycles. The molecule has 0 aliphatic carbocycles. The van der Waals surface area contributed by atoms with Crippen LogP contribution in [0.3, 0.4) is 0 Å². The summed E-state index contributed by atoms with van der Waals surface area (Å²) in [5, 5.41) is 17.0. The van der Waals surface area contributed by atoms with Gasteiger partial charge in [-0.3, -0.25) is 0 Å². The lowest BCUT2D eigenvalue weighted by molar-refractivity contribution is 0.0691. The predicted octanol–water partition coefficient (Wildman–Crippen LogP) is 3.14. The molecule has 0 saturated heterocycles. The Morgan fingerprint density at radius 1 is 1.22 bits per heavy atom. The SMILES string of the molecule is Cc1ccc(-c2c(C(=O)O)nnn2Cc2cccc(F)c2)cc1. The van der Waals surface area contributed by atoms with E-state index in [0.717, 1.165) is 5.56 Å². The van der Waals surface area contributed by atoms with Crippen LogP contribution in [-0.2, 0) is 6.54 Å². The lowest BCUT2D eigenvalue weighted by Crippen LogP contribution is -2.06. The number of aromatic carboxylic acids is 1. The number of aromatic nitrogens is 3. The molecule has 0 atom stereocenters. The van der Waals surface area contributed by atoms with Crippen LogP contribution in [0, 0.1) is 12.7 Å². The van der Waals surface area contributed by atoms with Crippen molar-refractivity contribution >= 4 is 5.97 Å². The molecule has 0 radical (unpaired) electrons. The number of hydrogen-bond donors (Lipinski definition) is 1. The van der Waals surface area contributed by atoms with Crippen LogP contribution in [0.4, 0.5) is 4.39 Å². The fourth-order valence-electron chi connectivity index (χ4n) is 2.37. The van der Waals surface area contributed by atoms with Gasteiger partial charge in [0.25, 0.3) is 0 Å². The molecule has 0 spiro atoms. The third-order valence-corrected chi connectivity index (χ3v) is 3.48. The van der Waals surface area contributed by atoms with Crippen molar-refractivity contribution in [2.45, 2.75) is 13.5 Å². The third-order valence-electron chi connectivity index (χ3n) is 3.48. The van der Waals surface area contributed by atoms with Gasteiger partial charge in [-0.25, -0.2) is 13.9 Å². The van der Waals surface area contributed by atoms with Crippen LogP contribution in [0.5, 0.6) is 0 Å². The van der Waals surface area contributed by atoms with Crippen LogP contribution in [-0.4, -0.2) is 26.1 Å². The van der Waals surface area contributed by atoms with Crippen molar-refractivity contribution < 1.29 is 14.3 Å². The van der Waals surface area contributed by atoms with Crippen molar-refractivity contribution in [3.8, 4) is 11.3 Å². The Kier molecular flexibility index (Phi) is 3.89. The summed E-state index contributed by atoms with van der Waals surface area (Å²) in [4.78, 5) is 11.4. The van der Waals surface area contributed by atoms with Crippen LogP contribution in [0.25, 0.3) is 11.3 Å². The van der Waals surface area contributed by atoms with E-state index in [9.17, 15) is 14.3 Å². The topological polar surface area (TPSA) is 68.0 Å². The van der Waals surface area contributed by atoms with Crippen molar-refractivity contribution in [2.24, 2.45) is 0 Å². The highest BCUT2D eigenvalue weighted by Crippen LogP contribution is 2.23. The standard InChI is InChI=1S/C17H14FN3O2/c1-11-5-7-13(8-6-11)16-15(17(22)23)19-20-21(16)10-12-3-2-4-14(18)9-12/h2-9H,10H2,1H3,(H,22,23). The van der Waals surface area contributed by atoms with E-state index in [1.54, 1.807) is 12.1 Å². The van der Waals surface area contributed by atoms with Gasteiger partial charge in [0.15, 0.2) is 5.69 Å². The average molecular weight is 311 g/mol. The smallest absolute Gasteiger partial charge is 0.358 e. The fourth-order valence-corrected chi connectivity index (χ4v) is 2.37. The van der Waals surface area contributed by atoms with Gasteiger partial charge in [0.2, 0.25) is 0 Å². The number of carboxylic acid groups (broad SMARTS) is 1. The lowest BCUT2D eigenvalue weighted by atomic mass is 10.1. The van der Waals surface area contributed by atoms with Gasteiger partial charge in [-0.2, -0.15) is 0 Å². The number of rotatable bonds is 4. The minimum Gasteiger partial charge on any atom is -0.476 e. The zero-order chi connectivity index (χ0) is 16.4. The molecule has 0 bridgehead atoms. The maximum absolute atomic E-state index is 13.3. The van der Waals surface area contributed by atoms with Crippen LogP contribution in [0.15, 0.2) is 48.5 Å². The van der Waals surface area contributed by atoms with Gasteiger partial charge in [-0.05, 0) is 24.6 Å². The Bertz CT molecular complexity index is 857. The van der Waals surface area contributed by atoms with E-state index >= 15 is 0 Å². The number of carbonyl (C=O) groups is 1. The Morgan fingerprint density at radius 3 is 2.61 bits per heavy atom. The van der Waals surface area contributed by atoms with E-state index in [-0.39, 0.29) is 18.1 Å². The summed E-state index contributed by atoms with van der Waals surface area (Å²) in [6.07, 6.45) is 0. The molecule has 6 heteroatoms. The molecular weight excluding hydrogens is 297 g/mol. The van der Waals surface area contributed by atoms with Crippen molar-refractivity contribution in [1.82, 2.24) is 15.0 Å². The second-order valence-corrected chi connectivity index (χ2v) is 5.25. The highest BCUT2D eigenvalue weighted by Gasteiger charge is 2.20. The van der Waals surface area contributed by atoms with Gasteiger partial charge >= 0.3 is 5.97 Å². The minimum atomic E-state index is -1.15. The van der Waals surface area contributed by atoms with E-state index in [0.29, 0.717) is 16.8 Å². The molecular formula is C17H14FN3O2. The maximum Gasteiger partial charge on any atom is 0.358 e. The summed E-state index contributed by atoms with van der Waals surface area (Å²) in [7, 11) is 0. The molecule has 1 N–H and O–H groups in total. The Labute approximate surface area is 132 Å². The Hall–Kier alpha value is -3.02. The number of benzene rings is 2. The quantitative estimate of drug-likeness (QED) is 0.803. The van der Waals surface area contributed by atoms with E-state index in [4.69, 9.17) is 0 Å². The first-order chi connectivity index (χ1) is 11.0. The molecule has 1 heterocycles. The molecule has 0 aliphatic rings. The van der Waals surface area contributed by atoms with Crippen LogP contribution in [0.2, 0.25) is 0 Å². The van der Waals surface area contributed by atoms with Crippen molar-refractivity contribution in [2.75, 3.05) is 0 Å². The summed E-state index contributed by atoms with van der Waals surface area (Å²) in [6, 6.07) is 13.5. The molecule has 3 rings (SSSR count). The van der Waals surface area contributed by atoms with Crippen molar-refractivity contribution in [1.29, 1.82) is 0 Å². The van der Waals surface area contributed by atoms with Gasteiger partial charge < -0.3 is 5.11 Å². The van der Waals surface area contributed by atoms with Gasteiger partial charge in [0.1, 0.15) is 11.5 Å². The molecule has 5 nitrogen and oxygen atoms in total. The Balaban J connectivity index is 2.07. The summed E-state index contributed by atoms with van der Waals surface area (Å²) in [6.45, 7) is 2.19. The number of aryl methyl sites for hydroxylation is 1. The van der Waals surface area contributed by atoms with E-state index in [1.165, 1.54) is 16.8 Å². The molecule has 23 heavy (non-hydrogen) atoms. The summed E-state index contributed by atoms with van der Waals surface area (Å²) < 4.78 is 14.8. The highest BCUT2D eigenvalue weighted by atomic mass is 19.1. The van der Waals surface area contributed by atoms with Gasteiger partial charge in [-0.15, -0.1) is 5.10 Å². The Morgan fingerprint density at radius 2 is 1.96 bits per heavy atom. The molecule has 0 saturated carbocycles. The zero-order valence-electron chi connectivity index (χ0n) is 12.4. The maximum atomic E-state index is 13.3. The van der Waals surface area contributed by atoms with Crippen LogP contribution >= 0.6 is 0 Å². The number of nitrogens with zero attached hydrogens (tertiary/aromatic N) is 3. The van der Waals surface area contributed by atoms with Gasteiger partial charge in [0.05, 0.1) is 6.54 Å². The molecule has 3 aromatic rings. The van der Waals surface area contributed by atoms with E-state index in [1.807, 2.05) is 31.2 Å². The first-order valence-corrected chi connectivity index (χ1v) is 7.03. The first-order valence-electron chi connectivity index (χ1n) is 7.03. The fraction of sp³-hybridized carbons (Fsp3) is 0.118. The summed E-state index contributed by atoms with van der Waals surface area (Å²) in [5.41, 5.74) is 2.73. The zero-order valence-corrected chi connectivity index (χ0v) is 12.4. The summed E-state index contributed by atoms with van der Waals surface area (Å²) >= 11 is 0. The molecule has 0 fully saturated rings. The van der Waals surface area contributed by atoms with Crippen molar-refractivity contribution in [3.05, 3.63) is 71.2 Å². The molecule has 116 valence electrons. The van der Waals surface area contributed by atoms with E-state index in [2.05, 4.69) is 10.3 Å². The molecule has 2 aromatic carbocycles. The van der Waals surface area contributed by atoms with E-state index < -0.39 is 5.97 Å². The minimum absolute atomic E-state index is 0.120. The number of carboxylic acids is 1. The lowest BCUT2D eigenvalue weighted by Gasteiger charge is -2.08. The van der Waals surface area contributed by atoms with Crippen LogP contribution in [0.1, 0.15) is 21.6 Å². The molecule has 0 aliphatic heterocycles. The molecule has 0 unspecified atom stereocenters. The second kappa shape index (κ2) is 6.00.